The van der Waals surface area contributed by atoms with Gasteiger partial charge in [0.1, 0.15) is 11.4 Å². The van der Waals surface area contributed by atoms with E-state index in [0.29, 0.717) is 18.9 Å². The number of nitrogens with zero attached hydrogens (tertiary/aromatic N) is 2. The van der Waals surface area contributed by atoms with Gasteiger partial charge < -0.3 is 20.5 Å². The molecule has 8 nitrogen and oxygen atoms in total. The zero-order valence-electron chi connectivity index (χ0n) is 11.6. The van der Waals surface area contributed by atoms with Crippen LogP contribution in [0.15, 0.2) is 12.4 Å². The van der Waals surface area contributed by atoms with E-state index >= 15 is 0 Å². The summed E-state index contributed by atoms with van der Waals surface area (Å²) in [5.41, 5.74) is -0.686. The second-order valence-electron chi connectivity index (χ2n) is 4.95. The highest BCUT2D eigenvalue weighted by Gasteiger charge is 2.15. The van der Waals surface area contributed by atoms with Gasteiger partial charge in [0.15, 0.2) is 5.69 Å². The van der Waals surface area contributed by atoms with Crippen molar-refractivity contribution in [3.63, 3.8) is 0 Å². The second-order valence-corrected chi connectivity index (χ2v) is 4.95. The third kappa shape index (κ3) is 5.98. The van der Waals surface area contributed by atoms with Crippen LogP contribution in [0.25, 0.3) is 0 Å². The molecule has 0 aromatic carbocycles. The Labute approximate surface area is 116 Å². The highest BCUT2D eigenvalue weighted by atomic mass is 16.6. The molecule has 0 bridgehead atoms. The van der Waals surface area contributed by atoms with E-state index in [2.05, 4.69) is 20.6 Å². The van der Waals surface area contributed by atoms with E-state index in [0.717, 1.165) is 6.20 Å². The van der Waals surface area contributed by atoms with E-state index in [-0.39, 0.29) is 5.69 Å². The molecule has 0 radical (unpaired) electrons. The highest BCUT2D eigenvalue weighted by Crippen LogP contribution is 2.06. The zero-order valence-corrected chi connectivity index (χ0v) is 11.6. The third-order valence-corrected chi connectivity index (χ3v) is 1.95. The summed E-state index contributed by atoms with van der Waals surface area (Å²) in [7, 11) is 0. The molecule has 20 heavy (non-hydrogen) atoms. The van der Waals surface area contributed by atoms with E-state index in [4.69, 9.17) is 9.84 Å². The van der Waals surface area contributed by atoms with Crippen molar-refractivity contribution in [3.05, 3.63) is 18.1 Å². The molecule has 0 fully saturated rings. The molecule has 1 aromatic heterocycles. The fourth-order valence-electron chi connectivity index (χ4n) is 1.22. The maximum atomic E-state index is 11.3. The molecule has 1 rings (SSSR count). The molecule has 0 aliphatic rings. The van der Waals surface area contributed by atoms with Crippen molar-refractivity contribution < 1.29 is 19.4 Å². The summed E-state index contributed by atoms with van der Waals surface area (Å²) in [6, 6.07) is 0. The zero-order chi connectivity index (χ0) is 15.2. The molecule has 3 N–H and O–H groups in total. The first kappa shape index (κ1) is 15.7. The van der Waals surface area contributed by atoms with Crippen molar-refractivity contribution >= 4 is 17.9 Å². The van der Waals surface area contributed by atoms with Crippen LogP contribution in [-0.4, -0.2) is 45.8 Å². The molecule has 1 amide bonds. The number of carbonyl (C=O) groups excluding carboxylic acids is 1. The molecule has 1 heterocycles. The molecule has 0 saturated heterocycles. The number of aromatic carboxylic acids is 1. The summed E-state index contributed by atoms with van der Waals surface area (Å²) >= 11 is 0. The van der Waals surface area contributed by atoms with Crippen LogP contribution in [0.5, 0.6) is 0 Å². The SMILES string of the molecule is CC(C)(C)OC(=O)NCCNc1cncc(C(=O)O)n1. The normalized spacial score (nSPS) is 10.8. The minimum atomic E-state index is -1.15. The molecule has 0 atom stereocenters. The highest BCUT2D eigenvalue weighted by molar-refractivity contribution is 5.85. The first-order valence-electron chi connectivity index (χ1n) is 6.04. The lowest BCUT2D eigenvalue weighted by molar-refractivity contribution is 0.0529. The second kappa shape index (κ2) is 6.69. The van der Waals surface area contributed by atoms with Crippen molar-refractivity contribution in [1.82, 2.24) is 15.3 Å². The first-order chi connectivity index (χ1) is 9.28. The molecule has 0 spiro atoms. The largest absolute Gasteiger partial charge is 0.476 e. The Kier molecular flexibility index (Phi) is 5.24. The van der Waals surface area contributed by atoms with Crippen molar-refractivity contribution in [2.24, 2.45) is 0 Å². The van der Waals surface area contributed by atoms with Gasteiger partial charge >= 0.3 is 12.1 Å². The number of ether oxygens (including phenoxy) is 1. The Balaban J connectivity index is 2.33. The number of nitrogens with one attached hydrogen (secondary N) is 2. The quantitative estimate of drug-likeness (QED) is 0.693. The van der Waals surface area contributed by atoms with Crippen LogP contribution in [0.3, 0.4) is 0 Å². The van der Waals surface area contributed by atoms with Crippen molar-refractivity contribution in [1.29, 1.82) is 0 Å². The molecule has 0 aliphatic carbocycles. The maximum Gasteiger partial charge on any atom is 0.407 e. The van der Waals surface area contributed by atoms with Gasteiger partial charge in [-0.05, 0) is 20.8 Å². The van der Waals surface area contributed by atoms with E-state index in [1.165, 1.54) is 6.20 Å². The van der Waals surface area contributed by atoms with Gasteiger partial charge in [-0.1, -0.05) is 0 Å². The number of hydrogen-bond donors (Lipinski definition) is 3. The standard InChI is InChI=1S/C12H18N4O4/c1-12(2,3)20-11(19)15-5-4-14-9-7-13-6-8(16-9)10(17)18/h6-7H,4-5H2,1-3H3,(H,14,16)(H,15,19)(H,17,18). The van der Waals surface area contributed by atoms with Gasteiger partial charge in [-0.2, -0.15) is 0 Å². The predicted molar refractivity (Wildman–Crippen MR) is 71.7 cm³/mol. The van der Waals surface area contributed by atoms with E-state index in [1.807, 2.05) is 0 Å². The fraction of sp³-hybridized carbons (Fsp3) is 0.500. The summed E-state index contributed by atoms with van der Waals surface area (Å²) in [6.45, 7) is 6.01. The molecule has 0 unspecified atom stereocenters. The van der Waals surface area contributed by atoms with Crippen LogP contribution >= 0.6 is 0 Å². The van der Waals surface area contributed by atoms with Crippen LogP contribution in [0, 0.1) is 0 Å². The van der Waals surface area contributed by atoms with Gasteiger partial charge in [0.05, 0.1) is 12.4 Å². The summed E-state index contributed by atoms with van der Waals surface area (Å²) < 4.78 is 5.06. The average Bonchev–Trinajstić information content (AvgIpc) is 2.33. The van der Waals surface area contributed by atoms with E-state index in [1.54, 1.807) is 20.8 Å². The lowest BCUT2D eigenvalue weighted by atomic mass is 10.2. The van der Waals surface area contributed by atoms with Gasteiger partial charge in [0.25, 0.3) is 0 Å². The van der Waals surface area contributed by atoms with Gasteiger partial charge in [0.2, 0.25) is 0 Å². The number of alkyl carbamates (subject to hydrolysis) is 1. The number of anilines is 1. The Morgan fingerprint density at radius 2 is 2.00 bits per heavy atom. The topological polar surface area (TPSA) is 113 Å². The number of amides is 1. The maximum absolute atomic E-state index is 11.3. The van der Waals surface area contributed by atoms with Gasteiger partial charge in [-0.3, -0.25) is 4.98 Å². The molecular weight excluding hydrogens is 264 g/mol. The molecule has 110 valence electrons. The summed E-state index contributed by atoms with van der Waals surface area (Å²) in [5.74, 6) is -0.816. The Morgan fingerprint density at radius 1 is 1.30 bits per heavy atom. The number of carboxylic acids is 1. The Bertz CT molecular complexity index is 485. The van der Waals surface area contributed by atoms with Crippen molar-refractivity contribution in [2.45, 2.75) is 26.4 Å². The van der Waals surface area contributed by atoms with Crippen LogP contribution in [-0.2, 0) is 4.74 Å². The smallest absolute Gasteiger partial charge is 0.407 e. The minimum absolute atomic E-state index is 0.143. The van der Waals surface area contributed by atoms with E-state index < -0.39 is 17.7 Å². The predicted octanol–water partition coefficient (Wildman–Crippen LogP) is 1.11. The van der Waals surface area contributed by atoms with Crippen LogP contribution in [0.4, 0.5) is 10.6 Å². The van der Waals surface area contributed by atoms with Crippen molar-refractivity contribution in [3.8, 4) is 0 Å². The van der Waals surface area contributed by atoms with Gasteiger partial charge in [0, 0.05) is 13.1 Å². The number of carboxylic acid groups (broad SMARTS) is 1. The van der Waals surface area contributed by atoms with Crippen LogP contribution in [0.2, 0.25) is 0 Å². The monoisotopic (exact) mass is 282 g/mol. The fourth-order valence-corrected chi connectivity index (χ4v) is 1.22. The number of aromatic nitrogens is 2. The molecule has 0 saturated carbocycles. The number of carbonyl (C=O) groups is 2. The average molecular weight is 282 g/mol. The Morgan fingerprint density at radius 3 is 2.60 bits per heavy atom. The summed E-state index contributed by atoms with van der Waals surface area (Å²) in [5, 5.41) is 14.2. The number of hydrogen-bond acceptors (Lipinski definition) is 6. The summed E-state index contributed by atoms with van der Waals surface area (Å²) in [6.07, 6.45) is 2.05. The lowest BCUT2D eigenvalue weighted by Crippen LogP contribution is -2.35. The van der Waals surface area contributed by atoms with Crippen LogP contribution < -0.4 is 10.6 Å². The van der Waals surface area contributed by atoms with E-state index in [9.17, 15) is 9.59 Å². The molecule has 0 aliphatic heterocycles. The molecule has 8 heteroatoms. The summed E-state index contributed by atoms with van der Waals surface area (Å²) in [4.78, 5) is 29.6. The lowest BCUT2D eigenvalue weighted by Gasteiger charge is -2.19. The van der Waals surface area contributed by atoms with Gasteiger partial charge in [-0.15, -0.1) is 0 Å². The first-order valence-corrected chi connectivity index (χ1v) is 6.04. The number of rotatable bonds is 5. The third-order valence-electron chi connectivity index (χ3n) is 1.95. The minimum Gasteiger partial charge on any atom is -0.476 e. The Hall–Kier alpha value is -2.38. The van der Waals surface area contributed by atoms with Gasteiger partial charge in [-0.25, -0.2) is 14.6 Å². The molecule has 1 aromatic rings. The molecular formula is C12H18N4O4. The van der Waals surface area contributed by atoms with Crippen LogP contribution in [0.1, 0.15) is 31.3 Å². The van der Waals surface area contributed by atoms with Crippen molar-refractivity contribution in [2.75, 3.05) is 18.4 Å².